The number of amides is 2. The average Bonchev–Trinajstić information content (AvgIpc) is 2.03. The fourth-order valence-electron chi connectivity index (χ4n) is 0.933. The van der Waals surface area contributed by atoms with Gasteiger partial charge in [-0.3, -0.25) is 0 Å². The summed E-state index contributed by atoms with van der Waals surface area (Å²) in [5.41, 5.74) is 11.7. The van der Waals surface area contributed by atoms with Crippen molar-refractivity contribution in [3.8, 4) is 0 Å². The zero-order chi connectivity index (χ0) is 9.84. The molecule has 0 aliphatic heterocycles. The van der Waals surface area contributed by atoms with Gasteiger partial charge in [0.25, 0.3) is 0 Å². The zero-order valence-electron chi connectivity index (χ0n) is 6.88. The number of carbonyl (C=O) groups excluding carboxylic acids is 1. The molecule has 0 radical (unpaired) electrons. The van der Waals surface area contributed by atoms with Crippen molar-refractivity contribution in [3.05, 3.63) is 28.8 Å². The van der Waals surface area contributed by atoms with Crippen LogP contribution in [0.2, 0.25) is 5.02 Å². The number of primary amides is 1. The summed E-state index contributed by atoms with van der Waals surface area (Å²) in [7, 11) is 0. The molecular formula is C8H10ClN3O. The molecule has 0 aliphatic carbocycles. The Morgan fingerprint density at radius 1 is 1.54 bits per heavy atom. The Balaban J connectivity index is 2.89. The highest BCUT2D eigenvalue weighted by Crippen LogP contribution is 2.20. The monoisotopic (exact) mass is 199 g/mol. The van der Waals surface area contributed by atoms with Gasteiger partial charge < -0.3 is 16.8 Å². The maximum absolute atomic E-state index is 10.5. The lowest BCUT2D eigenvalue weighted by Crippen LogP contribution is -2.19. The number of nitrogens with two attached hydrogens (primary N) is 2. The van der Waals surface area contributed by atoms with E-state index in [1.165, 1.54) is 0 Å². The molecule has 0 unspecified atom stereocenters. The van der Waals surface area contributed by atoms with Crippen LogP contribution in [0.15, 0.2) is 18.2 Å². The summed E-state index contributed by atoms with van der Waals surface area (Å²) in [6.07, 6.45) is 0. The number of rotatable bonds is 2. The van der Waals surface area contributed by atoms with E-state index in [2.05, 4.69) is 5.32 Å². The molecule has 0 saturated heterocycles. The molecule has 2 amide bonds. The van der Waals surface area contributed by atoms with Crippen molar-refractivity contribution in [1.29, 1.82) is 0 Å². The van der Waals surface area contributed by atoms with E-state index in [0.717, 1.165) is 5.56 Å². The molecular weight excluding hydrogens is 190 g/mol. The second kappa shape index (κ2) is 4.11. The predicted octanol–water partition coefficient (Wildman–Crippen LogP) is 1.29. The number of halogens is 1. The van der Waals surface area contributed by atoms with E-state index >= 15 is 0 Å². The van der Waals surface area contributed by atoms with Crippen molar-refractivity contribution in [2.45, 2.75) is 6.54 Å². The van der Waals surface area contributed by atoms with Crippen LogP contribution in [-0.2, 0) is 6.54 Å². The molecule has 1 aromatic rings. The van der Waals surface area contributed by atoms with Gasteiger partial charge >= 0.3 is 6.03 Å². The number of hydrogen-bond donors (Lipinski definition) is 3. The molecule has 0 bridgehead atoms. The van der Waals surface area contributed by atoms with Gasteiger partial charge in [0.2, 0.25) is 0 Å². The number of urea groups is 1. The van der Waals surface area contributed by atoms with Crippen LogP contribution in [0.5, 0.6) is 0 Å². The van der Waals surface area contributed by atoms with Crippen molar-refractivity contribution in [2.24, 2.45) is 11.5 Å². The van der Waals surface area contributed by atoms with Gasteiger partial charge in [0.05, 0.1) is 0 Å². The first-order valence-electron chi connectivity index (χ1n) is 3.68. The highest BCUT2D eigenvalue weighted by atomic mass is 35.5. The van der Waals surface area contributed by atoms with E-state index in [9.17, 15) is 4.79 Å². The summed E-state index contributed by atoms with van der Waals surface area (Å²) in [4.78, 5) is 10.5. The molecule has 0 aromatic heterocycles. The Bertz CT molecular complexity index is 327. The minimum absolute atomic E-state index is 0.371. The van der Waals surface area contributed by atoms with E-state index in [4.69, 9.17) is 23.1 Å². The molecule has 5 N–H and O–H groups in total. The fraction of sp³-hybridized carbons (Fsp3) is 0.125. The smallest absolute Gasteiger partial charge is 0.316 e. The van der Waals surface area contributed by atoms with Crippen molar-refractivity contribution in [3.63, 3.8) is 0 Å². The summed E-state index contributed by atoms with van der Waals surface area (Å²) in [6, 6.07) is 4.43. The molecule has 5 heteroatoms. The van der Waals surface area contributed by atoms with Crippen LogP contribution in [0.1, 0.15) is 5.56 Å². The average molecular weight is 200 g/mol. The molecule has 0 atom stereocenters. The Morgan fingerprint density at radius 2 is 2.23 bits per heavy atom. The van der Waals surface area contributed by atoms with Gasteiger partial charge in [-0.1, -0.05) is 17.7 Å². The lowest BCUT2D eigenvalue weighted by molar-refractivity contribution is 0.259. The maximum Gasteiger partial charge on any atom is 0.316 e. The summed E-state index contributed by atoms with van der Waals surface area (Å²) in [5.74, 6) is 0. The normalized spacial score (nSPS) is 9.69. The molecule has 1 rings (SSSR count). The first kappa shape index (κ1) is 9.83. The number of anilines is 1. The van der Waals surface area contributed by atoms with Crippen molar-refractivity contribution < 1.29 is 4.79 Å². The third-order valence-corrected chi connectivity index (χ3v) is 1.89. The summed E-state index contributed by atoms with van der Waals surface area (Å²) in [6.45, 7) is 0.371. The molecule has 70 valence electrons. The Kier molecular flexibility index (Phi) is 3.11. The van der Waals surface area contributed by atoms with E-state index in [-0.39, 0.29) is 0 Å². The van der Waals surface area contributed by atoms with Crippen LogP contribution in [0.4, 0.5) is 10.5 Å². The van der Waals surface area contributed by atoms with Gasteiger partial charge in [-0.15, -0.1) is 0 Å². The van der Waals surface area contributed by atoms with Crippen molar-refractivity contribution in [1.82, 2.24) is 0 Å². The third kappa shape index (κ3) is 2.61. The molecule has 13 heavy (non-hydrogen) atoms. The predicted molar refractivity (Wildman–Crippen MR) is 52.5 cm³/mol. The Labute approximate surface area is 80.9 Å². The van der Waals surface area contributed by atoms with E-state index < -0.39 is 6.03 Å². The number of benzene rings is 1. The lowest BCUT2D eigenvalue weighted by atomic mass is 10.2. The second-order valence-electron chi connectivity index (χ2n) is 2.50. The number of nitrogens with one attached hydrogen (secondary N) is 1. The standard InChI is InChI=1S/C8H10ClN3O/c9-7-3-6(12-8(11)13)2-1-5(7)4-10/h1-3H,4,10H2,(H3,11,12,13). The molecule has 4 nitrogen and oxygen atoms in total. The zero-order valence-corrected chi connectivity index (χ0v) is 7.64. The largest absolute Gasteiger partial charge is 0.351 e. The summed E-state index contributed by atoms with van der Waals surface area (Å²) >= 11 is 5.84. The van der Waals surface area contributed by atoms with Crippen LogP contribution < -0.4 is 16.8 Å². The molecule has 1 aromatic carbocycles. The van der Waals surface area contributed by atoms with Gasteiger partial charge in [0, 0.05) is 17.3 Å². The van der Waals surface area contributed by atoms with Gasteiger partial charge in [0.15, 0.2) is 0 Å². The van der Waals surface area contributed by atoms with Crippen LogP contribution in [0.3, 0.4) is 0 Å². The topological polar surface area (TPSA) is 81.1 Å². The van der Waals surface area contributed by atoms with Gasteiger partial charge in [-0.05, 0) is 17.7 Å². The number of hydrogen-bond acceptors (Lipinski definition) is 2. The van der Waals surface area contributed by atoms with E-state index in [1.54, 1.807) is 18.2 Å². The van der Waals surface area contributed by atoms with Crippen molar-refractivity contribution >= 4 is 23.3 Å². The quantitative estimate of drug-likeness (QED) is 0.671. The Morgan fingerprint density at radius 3 is 2.69 bits per heavy atom. The molecule has 0 saturated carbocycles. The first-order chi connectivity index (χ1) is 6.13. The van der Waals surface area contributed by atoms with Gasteiger partial charge in [-0.25, -0.2) is 4.79 Å². The second-order valence-corrected chi connectivity index (χ2v) is 2.91. The first-order valence-corrected chi connectivity index (χ1v) is 4.06. The lowest BCUT2D eigenvalue weighted by Gasteiger charge is -2.04. The minimum atomic E-state index is -0.614. The van der Waals surface area contributed by atoms with E-state index in [0.29, 0.717) is 17.3 Å². The molecule has 0 spiro atoms. The van der Waals surface area contributed by atoms with Crippen LogP contribution in [-0.4, -0.2) is 6.03 Å². The van der Waals surface area contributed by atoms with Crippen LogP contribution in [0.25, 0.3) is 0 Å². The number of carbonyl (C=O) groups is 1. The van der Waals surface area contributed by atoms with Gasteiger partial charge in [0.1, 0.15) is 0 Å². The molecule has 0 fully saturated rings. The molecule has 0 heterocycles. The third-order valence-electron chi connectivity index (χ3n) is 1.54. The summed E-state index contributed by atoms with van der Waals surface area (Å²) < 4.78 is 0. The fourth-order valence-corrected chi connectivity index (χ4v) is 1.19. The van der Waals surface area contributed by atoms with Gasteiger partial charge in [-0.2, -0.15) is 0 Å². The minimum Gasteiger partial charge on any atom is -0.351 e. The SMILES string of the molecule is NCc1ccc(NC(N)=O)cc1Cl. The molecule has 0 aliphatic rings. The summed E-state index contributed by atoms with van der Waals surface area (Å²) in [5, 5.41) is 2.93. The highest BCUT2D eigenvalue weighted by molar-refractivity contribution is 6.31. The highest BCUT2D eigenvalue weighted by Gasteiger charge is 2.01. The van der Waals surface area contributed by atoms with Crippen molar-refractivity contribution in [2.75, 3.05) is 5.32 Å². The van der Waals surface area contributed by atoms with E-state index in [1.807, 2.05) is 0 Å². The van der Waals surface area contributed by atoms with Crippen LogP contribution >= 0.6 is 11.6 Å². The maximum atomic E-state index is 10.5. The van der Waals surface area contributed by atoms with Crippen LogP contribution in [0, 0.1) is 0 Å². The Hall–Kier alpha value is -1.26.